The summed E-state index contributed by atoms with van der Waals surface area (Å²) in [5, 5.41) is 2.40. The highest BCUT2D eigenvalue weighted by atomic mass is 32.2. The van der Waals surface area contributed by atoms with Crippen molar-refractivity contribution in [2.24, 2.45) is 0 Å². The fraction of sp³-hybridized carbons (Fsp3) is 0.440. The molecule has 1 aromatic carbocycles. The van der Waals surface area contributed by atoms with Crippen LogP contribution in [0, 0.1) is 0 Å². The van der Waals surface area contributed by atoms with Crippen molar-refractivity contribution in [3.05, 3.63) is 59.9 Å². The van der Waals surface area contributed by atoms with Crippen molar-refractivity contribution >= 4 is 27.8 Å². The van der Waals surface area contributed by atoms with Crippen LogP contribution in [0.5, 0.6) is 5.75 Å². The highest BCUT2D eigenvalue weighted by Crippen LogP contribution is 2.08. The number of hydrogen-bond acceptors (Lipinski definition) is 8. The molecule has 2 aromatic rings. The topological polar surface area (TPSA) is 141 Å². The van der Waals surface area contributed by atoms with Gasteiger partial charge in [0.25, 0.3) is 11.8 Å². The van der Waals surface area contributed by atoms with Crippen LogP contribution < -0.4 is 14.8 Å². The van der Waals surface area contributed by atoms with Gasteiger partial charge < -0.3 is 14.8 Å². The van der Waals surface area contributed by atoms with Gasteiger partial charge in [0.2, 0.25) is 10.0 Å². The first-order valence-electron chi connectivity index (χ1n) is 11.9. The normalized spacial score (nSPS) is 10.9. The van der Waals surface area contributed by atoms with Crippen molar-refractivity contribution in [1.82, 2.24) is 15.0 Å². The van der Waals surface area contributed by atoms with Crippen molar-refractivity contribution < 1.29 is 32.3 Å². The molecule has 2 rings (SSSR count). The summed E-state index contributed by atoms with van der Waals surface area (Å²) in [4.78, 5) is 40.1. The number of pyridine rings is 1. The van der Waals surface area contributed by atoms with E-state index in [1.165, 1.54) is 31.4 Å². The molecule has 0 saturated heterocycles. The summed E-state index contributed by atoms with van der Waals surface area (Å²) in [6.45, 7) is 2.02. The minimum absolute atomic E-state index is 0.0330. The molecule has 0 spiro atoms. The number of unbranched alkanes of at least 4 members (excludes halogenated alkanes) is 5. The van der Waals surface area contributed by atoms with Gasteiger partial charge in [0, 0.05) is 6.20 Å². The molecule has 1 heterocycles. The molecule has 196 valence electrons. The average Bonchev–Trinajstić information content (AvgIpc) is 2.87. The van der Waals surface area contributed by atoms with Crippen molar-refractivity contribution in [2.45, 2.75) is 45.4 Å². The van der Waals surface area contributed by atoms with E-state index < -0.39 is 33.6 Å². The van der Waals surface area contributed by atoms with E-state index in [9.17, 15) is 22.8 Å². The number of ether oxygens (including phenoxy) is 2. The Morgan fingerprint density at radius 2 is 1.61 bits per heavy atom. The number of amides is 2. The molecule has 2 amide bonds. The van der Waals surface area contributed by atoms with Gasteiger partial charge in [-0.1, -0.05) is 57.2 Å². The van der Waals surface area contributed by atoms with Crippen LogP contribution in [-0.4, -0.2) is 56.7 Å². The molecule has 0 bridgehead atoms. The fourth-order valence-electron chi connectivity index (χ4n) is 3.06. The Labute approximate surface area is 211 Å². The zero-order valence-electron chi connectivity index (χ0n) is 20.4. The molecule has 0 radical (unpaired) electrons. The van der Waals surface area contributed by atoms with Crippen molar-refractivity contribution in [3.8, 4) is 5.75 Å². The number of rotatable bonds is 16. The Balaban J connectivity index is 1.70. The zero-order chi connectivity index (χ0) is 26.2. The fourth-order valence-corrected chi connectivity index (χ4v) is 3.87. The third-order valence-electron chi connectivity index (χ3n) is 5.02. The van der Waals surface area contributed by atoms with E-state index in [0.29, 0.717) is 12.4 Å². The Kier molecular flexibility index (Phi) is 12.4. The van der Waals surface area contributed by atoms with Crippen LogP contribution in [0.25, 0.3) is 0 Å². The van der Waals surface area contributed by atoms with E-state index in [2.05, 4.69) is 17.2 Å². The van der Waals surface area contributed by atoms with Gasteiger partial charge in [-0.25, -0.2) is 13.1 Å². The average molecular weight is 520 g/mol. The largest absolute Gasteiger partial charge is 0.492 e. The van der Waals surface area contributed by atoms with Gasteiger partial charge in [-0.2, -0.15) is 0 Å². The molecule has 0 fully saturated rings. The number of sulfonamides is 1. The maximum Gasteiger partial charge on any atom is 0.325 e. The summed E-state index contributed by atoms with van der Waals surface area (Å²) < 4.78 is 36.6. The van der Waals surface area contributed by atoms with Crippen molar-refractivity contribution in [2.75, 3.05) is 25.5 Å². The van der Waals surface area contributed by atoms with Crippen molar-refractivity contribution in [1.29, 1.82) is 0 Å². The first-order chi connectivity index (χ1) is 17.3. The number of para-hydroxylation sites is 1. The molecule has 0 saturated carbocycles. The third kappa shape index (κ3) is 11.3. The van der Waals surface area contributed by atoms with E-state index in [1.807, 2.05) is 4.72 Å². The molecule has 1 aromatic heterocycles. The number of nitrogens with zero attached hydrogens (tertiary/aromatic N) is 1. The number of aromatic nitrogens is 1. The van der Waals surface area contributed by atoms with Gasteiger partial charge >= 0.3 is 5.97 Å². The molecule has 11 heteroatoms. The van der Waals surface area contributed by atoms with Gasteiger partial charge in [0.05, 0.1) is 12.2 Å². The molecule has 0 aliphatic carbocycles. The first-order valence-corrected chi connectivity index (χ1v) is 13.6. The van der Waals surface area contributed by atoms with E-state index in [1.54, 1.807) is 30.3 Å². The summed E-state index contributed by atoms with van der Waals surface area (Å²) >= 11 is 0. The third-order valence-corrected chi connectivity index (χ3v) is 6.23. The Morgan fingerprint density at radius 1 is 0.889 bits per heavy atom. The maximum absolute atomic E-state index is 12.3. The molecule has 0 unspecified atom stereocenters. The van der Waals surface area contributed by atoms with Crippen molar-refractivity contribution in [3.63, 3.8) is 0 Å². The quantitative estimate of drug-likeness (QED) is 0.255. The molecule has 36 heavy (non-hydrogen) atoms. The number of nitrogens with one attached hydrogen (secondary N) is 2. The highest BCUT2D eigenvalue weighted by Gasteiger charge is 2.18. The lowest BCUT2D eigenvalue weighted by Gasteiger charge is -2.09. The molecule has 0 atom stereocenters. The number of benzene rings is 1. The van der Waals surface area contributed by atoms with E-state index in [0.717, 1.165) is 25.5 Å². The molecule has 0 aliphatic rings. The number of carbonyl (C=O) groups is 3. The maximum atomic E-state index is 12.3. The van der Waals surface area contributed by atoms with Gasteiger partial charge in [0.1, 0.15) is 30.3 Å². The number of esters is 1. The predicted octanol–water partition coefficient (Wildman–Crippen LogP) is 2.85. The van der Waals surface area contributed by atoms with E-state index in [-0.39, 0.29) is 24.4 Å². The van der Waals surface area contributed by atoms with Crippen LogP contribution in [-0.2, 0) is 19.6 Å². The second-order valence-corrected chi connectivity index (χ2v) is 9.86. The van der Waals surface area contributed by atoms with Gasteiger partial charge in [-0.15, -0.1) is 0 Å². The van der Waals surface area contributed by atoms with Crippen LogP contribution in [0.3, 0.4) is 0 Å². The summed E-state index contributed by atoms with van der Waals surface area (Å²) in [7, 11) is -3.94. The smallest absolute Gasteiger partial charge is 0.325 e. The Hall–Kier alpha value is -3.47. The van der Waals surface area contributed by atoms with Crippen LogP contribution in [0.4, 0.5) is 0 Å². The van der Waals surface area contributed by atoms with Crippen LogP contribution in [0.15, 0.2) is 48.7 Å². The molecular weight excluding hydrogens is 486 g/mol. The number of hydrogen-bond donors (Lipinski definition) is 2. The lowest BCUT2D eigenvalue weighted by molar-refractivity contribution is -0.142. The van der Waals surface area contributed by atoms with E-state index >= 15 is 0 Å². The summed E-state index contributed by atoms with van der Waals surface area (Å²) in [6.07, 6.45) is 7.51. The summed E-state index contributed by atoms with van der Waals surface area (Å²) in [5.41, 5.74) is -0.0770. The summed E-state index contributed by atoms with van der Waals surface area (Å²) in [5.74, 6) is -1.95. The van der Waals surface area contributed by atoms with Crippen LogP contribution in [0.2, 0.25) is 0 Å². The first kappa shape index (κ1) is 28.8. The molecular formula is C25H33N3O7S. The Morgan fingerprint density at radius 3 is 2.31 bits per heavy atom. The van der Waals surface area contributed by atoms with Gasteiger partial charge in [-0.3, -0.25) is 19.4 Å². The van der Waals surface area contributed by atoms with Crippen LogP contribution >= 0.6 is 0 Å². The molecule has 2 N–H and O–H groups in total. The lowest BCUT2D eigenvalue weighted by Crippen LogP contribution is -2.34. The SMILES string of the molecule is CCCCCCCCOC(=O)CNC(=O)c1ccc(C(=O)NS(=O)(=O)CCOc2ccccc2)cn1. The second kappa shape index (κ2) is 15.5. The van der Waals surface area contributed by atoms with Crippen LogP contribution in [0.1, 0.15) is 66.3 Å². The van der Waals surface area contributed by atoms with E-state index in [4.69, 9.17) is 9.47 Å². The predicted molar refractivity (Wildman–Crippen MR) is 134 cm³/mol. The summed E-state index contributed by atoms with van der Waals surface area (Å²) in [6, 6.07) is 11.2. The minimum atomic E-state index is -3.94. The van der Waals surface area contributed by atoms with Gasteiger partial charge in [-0.05, 0) is 30.7 Å². The Bertz CT molecular complexity index is 1070. The standard InChI is InChI=1S/C25H33N3O7S/c1-2-3-4-5-6-10-15-35-23(29)19-27-25(31)22-14-13-20(18-26-22)24(30)28-36(32,33)17-16-34-21-11-8-7-9-12-21/h7-9,11-14,18H,2-6,10,15-17,19H2,1H3,(H,27,31)(H,28,30). The number of carbonyl (C=O) groups excluding carboxylic acids is 3. The lowest BCUT2D eigenvalue weighted by atomic mass is 10.1. The zero-order valence-corrected chi connectivity index (χ0v) is 21.2. The minimum Gasteiger partial charge on any atom is -0.492 e. The molecule has 10 nitrogen and oxygen atoms in total. The highest BCUT2D eigenvalue weighted by molar-refractivity contribution is 7.90. The monoisotopic (exact) mass is 519 g/mol. The van der Waals surface area contributed by atoms with Gasteiger partial charge in [0.15, 0.2) is 0 Å². The second-order valence-electron chi connectivity index (χ2n) is 8.01. The molecule has 0 aliphatic heterocycles.